The summed E-state index contributed by atoms with van der Waals surface area (Å²) in [4.78, 5) is 11.9. The van der Waals surface area contributed by atoms with E-state index in [4.69, 9.17) is 5.10 Å². The molecule has 0 radical (unpaired) electrons. The quantitative estimate of drug-likeness (QED) is 0.620. The van der Waals surface area contributed by atoms with Gasteiger partial charge in [0.05, 0.1) is 0 Å². The molecule has 0 amide bonds. The maximum Gasteiger partial charge on any atom is 0.178 e. The van der Waals surface area contributed by atoms with Crippen LogP contribution >= 0.6 is 0 Å². The van der Waals surface area contributed by atoms with Gasteiger partial charge >= 0.3 is 0 Å². The number of rotatable bonds is 3. The molecule has 102 valence electrons. The van der Waals surface area contributed by atoms with Crippen molar-refractivity contribution in [3.63, 3.8) is 0 Å². The van der Waals surface area contributed by atoms with E-state index in [1.807, 2.05) is 18.2 Å². The van der Waals surface area contributed by atoms with E-state index in [1.54, 1.807) is 0 Å². The second-order valence-corrected chi connectivity index (χ2v) is 10.8. The van der Waals surface area contributed by atoms with Gasteiger partial charge in [0.2, 0.25) is 0 Å². The Kier molecular flexibility index (Phi) is 4.19. The minimum atomic E-state index is -1.65. The van der Waals surface area contributed by atoms with Crippen LogP contribution in [-0.2, 0) is 4.79 Å². The highest BCUT2D eigenvalue weighted by Gasteiger charge is 2.27. The predicted octanol–water partition coefficient (Wildman–Crippen LogP) is 3.83. The summed E-state index contributed by atoms with van der Waals surface area (Å²) in [7, 11) is -1.65. The molecular formula is C15H22N2OSi. The highest BCUT2D eigenvalue weighted by molar-refractivity contribution is 6.79. The zero-order valence-corrected chi connectivity index (χ0v) is 13.0. The van der Waals surface area contributed by atoms with E-state index in [9.17, 15) is 4.79 Å². The van der Waals surface area contributed by atoms with Crippen molar-refractivity contribution in [3.05, 3.63) is 30.3 Å². The first-order valence-corrected chi connectivity index (χ1v) is 10.4. The Hall–Kier alpha value is -1.42. The first-order valence-electron chi connectivity index (χ1n) is 6.94. The Morgan fingerprint density at radius 3 is 2.26 bits per heavy atom. The van der Waals surface area contributed by atoms with Crippen LogP contribution in [0.1, 0.15) is 25.7 Å². The maximum atomic E-state index is 11.9. The number of ketones is 1. The molecule has 4 heteroatoms. The summed E-state index contributed by atoms with van der Waals surface area (Å²) >= 11 is 0. The zero-order valence-electron chi connectivity index (χ0n) is 12.0. The average Bonchev–Trinajstić information content (AvgIpc) is 2.37. The number of carbonyl (C=O) groups is 1. The Bertz CT molecular complexity index is 477. The van der Waals surface area contributed by atoms with Gasteiger partial charge in [0.25, 0.3) is 0 Å². The van der Waals surface area contributed by atoms with Crippen molar-refractivity contribution < 1.29 is 4.79 Å². The third kappa shape index (κ3) is 3.53. The summed E-state index contributed by atoms with van der Waals surface area (Å²) in [5.41, 5.74) is 1.85. The average molecular weight is 274 g/mol. The van der Waals surface area contributed by atoms with E-state index in [2.05, 4.69) is 36.4 Å². The summed E-state index contributed by atoms with van der Waals surface area (Å²) in [6.07, 6.45) is 3.58. The van der Waals surface area contributed by atoms with E-state index in [1.165, 1.54) is 0 Å². The van der Waals surface area contributed by atoms with Crippen LogP contribution < -0.4 is 4.67 Å². The normalized spacial score (nSPS) is 18.7. The van der Waals surface area contributed by atoms with E-state index in [0.717, 1.165) is 30.7 Å². The van der Waals surface area contributed by atoms with Crippen LogP contribution in [0, 0.1) is 0 Å². The lowest BCUT2D eigenvalue weighted by atomic mass is 9.97. The Morgan fingerprint density at radius 1 is 1.05 bits per heavy atom. The predicted molar refractivity (Wildman–Crippen MR) is 83.2 cm³/mol. The SMILES string of the molecule is C[Si](C)(C)N(/N=C1/CCCCC1=O)c1ccccc1. The molecular weight excluding hydrogens is 252 g/mol. The molecule has 1 saturated carbocycles. The topological polar surface area (TPSA) is 32.7 Å². The molecule has 0 spiro atoms. The first kappa shape index (κ1) is 14.0. The summed E-state index contributed by atoms with van der Waals surface area (Å²) in [6, 6.07) is 10.2. The Morgan fingerprint density at radius 2 is 1.68 bits per heavy atom. The highest BCUT2D eigenvalue weighted by Crippen LogP contribution is 2.23. The number of nitrogens with zero attached hydrogens (tertiary/aromatic N) is 2. The van der Waals surface area contributed by atoms with Crippen LogP contribution in [0.3, 0.4) is 0 Å². The molecule has 2 rings (SSSR count). The Labute approximate surface area is 116 Å². The van der Waals surface area contributed by atoms with Gasteiger partial charge in [-0.1, -0.05) is 18.2 Å². The second kappa shape index (κ2) is 5.69. The first-order chi connectivity index (χ1) is 8.98. The summed E-state index contributed by atoms with van der Waals surface area (Å²) in [5.74, 6) is 0.227. The molecule has 1 fully saturated rings. The van der Waals surface area contributed by atoms with Gasteiger partial charge in [0.15, 0.2) is 14.0 Å². The van der Waals surface area contributed by atoms with Gasteiger partial charge in [-0.3, -0.25) is 9.47 Å². The molecule has 3 nitrogen and oxygen atoms in total. The van der Waals surface area contributed by atoms with Crippen molar-refractivity contribution in [2.24, 2.45) is 5.10 Å². The molecule has 0 atom stereocenters. The number of anilines is 1. The van der Waals surface area contributed by atoms with Crippen molar-refractivity contribution in [2.45, 2.75) is 45.3 Å². The fourth-order valence-electron chi connectivity index (χ4n) is 2.25. The second-order valence-electron chi connectivity index (χ2n) is 6.00. The fraction of sp³-hybridized carbons (Fsp3) is 0.467. The highest BCUT2D eigenvalue weighted by atomic mass is 28.3. The minimum absolute atomic E-state index is 0.227. The molecule has 0 unspecified atom stereocenters. The van der Waals surface area contributed by atoms with Crippen LogP contribution in [0.2, 0.25) is 19.6 Å². The van der Waals surface area contributed by atoms with E-state index >= 15 is 0 Å². The number of hydrazone groups is 1. The molecule has 0 bridgehead atoms. The van der Waals surface area contributed by atoms with E-state index in [0.29, 0.717) is 6.42 Å². The zero-order chi connectivity index (χ0) is 13.9. The summed E-state index contributed by atoms with van der Waals surface area (Å²) < 4.78 is 2.10. The lowest BCUT2D eigenvalue weighted by Gasteiger charge is -2.32. The molecule has 1 aromatic rings. The molecule has 1 aliphatic rings. The molecule has 1 aliphatic carbocycles. The number of hydrogen-bond acceptors (Lipinski definition) is 3. The van der Waals surface area contributed by atoms with Crippen molar-refractivity contribution in [2.75, 3.05) is 4.67 Å². The fourth-order valence-corrected chi connectivity index (χ4v) is 3.60. The maximum absolute atomic E-state index is 11.9. The monoisotopic (exact) mass is 274 g/mol. The van der Waals surface area contributed by atoms with Gasteiger partial charge in [-0.2, -0.15) is 5.10 Å². The third-order valence-electron chi connectivity index (χ3n) is 3.25. The summed E-state index contributed by atoms with van der Waals surface area (Å²) in [6.45, 7) is 6.74. The smallest absolute Gasteiger partial charge is 0.178 e. The minimum Gasteiger partial charge on any atom is -0.295 e. The molecule has 0 aromatic heterocycles. The van der Waals surface area contributed by atoms with Crippen molar-refractivity contribution in [1.82, 2.24) is 0 Å². The van der Waals surface area contributed by atoms with Gasteiger partial charge < -0.3 is 0 Å². The third-order valence-corrected chi connectivity index (χ3v) is 4.88. The molecule has 0 saturated heterocycles. The number of para-hydroxylation sites is 1. The summed E-state index contributed by atoms with van der Waals surface area (Å²) in [5, 5.41) is 4.72. The number of carbonyl (C=O) groups excluding carboxylic acids is 1. The number of Topliss-reactive ketones (excluding diaryl/α,β-unsaturated/α-hetero) is 1. The van der Waals surface area contributed by atoms with Crippen LogP contribution in [0.5, 0.6) is 0 Å². The molecule has 0 aliphatic heterocycles. The van der Waals surface area contributed by atoms with Crippen LogP contribution in [0.25, 0.3) is 0 Å². The van der Waals surface area contributed by atoms with Crippen molar-refractivity contribution in [3.8, 4) is 0 Å². The standard InChI is InChI=1S/C15H22N2OSi/c1-19(2,3)17(13-9-5-4-6-10-13)16-14-11-7-8-12-15(14)18/h4-6,9-10H,7-8,11-12H2,1-3H3/b16-14-. The van der Waals surface area contributed by atoms with Crippen molar-refractivity contribution in [1.29, 1.82) is 0 Å². The molecule has 0 heterocycles. The van der Waals surface area contributed by atoms with E-state index in [-0.39, 0.29) is 5.78 Å². The van der Waals surface area contributed by atoms with Crippen molar-refractivity contribution >= 4 is 25.4 Å². The van der Waals surface area contributed by atoms with Gasteiger partial charge in [0, 0.05) is 12.1 Å². The molecule has 0 N–H and O–H groups in total. The number of benzene rings is 1. The molecule has 1 aromatic carbocycles. The number of hydrogen-bond donors (Lipinski definition) is 0. The largest absolute Gasteiger partial charge is 0.295 e. The molecule has 19 heavy (non-hydrogen) atoms. The van der Waals surface area contributed by atoms with E-state index < -0.39 is 8.24 Å². The Balaban J connectivity index is 2.34. The van der Waals surface area contributed by atoms with Crippen LogP contribution in [0.15, 0.2) is 35.4 Å². The van der Waals surface area contributed by atoms with Gasteiger partial charge in [-0.25, -0.2) is 0 Å². The van der Waals surface area contributed by atoms with Crippen LogP contribution in [0.4, 0.5) is 5.69 Å². The van der Waals surface area contributed by atoms with Crippen LogP contribution in [-0.4, -0.2) is 19.7 Å². The van der Waals surface area contributed by atoms with Gasteiger partial charge in [-0.15, -0.1) is 0 Å². The lowest BCUT2D eigenvalue weighted by Crippen LogP contribution is -2.44. The lowest BCUT2D eigenvalue weighted by molar-refractivity contribution is -0.113. The van der Waals surface area contributed by atoms with Gasteiger partial charge in [-0.05, 0) is 51.0 Å². The van der Waals surface area contributed by atoms with Gasteiger partial charge in [0.1, 0.15) is 5.71 Å².